The minimum atomic E-state index is -0.779. The van der Waals surface area contributed by atoms with E-state index < -0.39 is 6.10 Å². The number of ether oxygens (including phenoxy) is 3. The van der Waals surface area contributed by atoms with Crippen molar-refractivity contribution in [2.75, 3.05) is 13.2 Å². The van der Waals surface area contributed by atoms with Gasteiger partial charge in [-0.1, -0.05) is 332 Å². The Morgan fingerprint density at radius 2 is 0.487 bits per heavy atom. The summed E-state index contributed by atoms with van der Waals surface area (Å²) in [4.78, 5) is 38.2. The Kier molecular flexibility index (Phi) is 66.1. The van der Waals surface area contributed by atoms with Crippen LogP contribution in [-0.4, -0.2) is 37.2 Å². The lowest BCUT2D eigenvalue weighted by Gasteiger charge is -2.18. The van der Waals surface area contributed by atoms with Crippen molar-refractivity contribution in [1.29, 1.82) is 0 Å². The van der Waals surface area contributed by atoms with Crippen LogP contribution < -0.4 is 0 Å². The quantitative estimate of drug-likeness (QED) is 0.0261. The molecule has 0 aliphatic rings. The summed E-state index contributed by atoms with van der Waals surface area (Å²) in [6.07, 6.45) is 88.6. The van der Waals surface area contributed by atoms with Crippen molar-refractivity contribution in [3.63, 3.8) is 0 Å². The Morgan fingerprint density at radius 3 is 0.775 bits per heavy atom. The van der Waals surface area contributed by atoms with Gasteiger partial charge in [-0.05, 0) is 83.5 Å². The van der Waals surface area contributed by atoms with E-state index in [1.807, 2.05) is 0 Å². The molecule has 0 saturated heterocycles. The summed E-state index contributed by atoms with van der Waals surface area (Å²) < 4.78 is 16.9. The number of hydrogen-bond donors (Lipinski definition) is 0. The Balaban J connectivity index is 3.99. The number of allylic oxidation sites excluding steroid dienone is 10. The Hall–Kier alpha value is -2.89. The van der Waals surface area contributed by atoms with Gasteiger partial charge >= 0.3 is 17.9 Å². The zero-order valence-electron chi connectivity index (χ0n) is 53.6. The number of unbranched alkanes of at least 4 members (excludes halogenated alkanes) is 44. The second-order valence-electron chi connectivity index (χ2n) is 23.8. The lowest BCUT2D eigenvalue weighted by Crippen LogP contribution is -2.30. The summed E-state index contributed by atoms with van der Waals surface area (Å²) in [5.74, 6) is -0.876. The van der Waals surface area contributed by atoms with Crippen LogP contribution in [0.4, 0.5) is 0 Å². The molecule has 0 amide bonds. The van der Waals surface area contributed by atoms with E-state index in [2.05, 4.69) is 81.5 Å². The molecular formula is C74H134O6. The van der Waals surface area contributed by atoms with E-state index in [1.165, 1.54) is 238 Å². The average molecular weight is 1120 g/mol. The molecule has 0 saturated carbocycles. The minimum absolute atomic E-state index is 0.0760. The van der Waals surface area contributed by atoms with Crippen molar-refractivity contribution in [2.45, 2.75) is 380 Å². The van der Waals surface area contributed by atoms with Gasteiger partial charge in [-0.2, -0.15) is 0 Å². The SMILES string of the molecule is CC/C=C\C/C=C\C/C=C\C/C=C\CCCCCCCCC(=O)OC(COC(=O)CCCCCCCCCC)COC(=O)CCCCCCCCCCCCCCCCCCCCCCCCC/C=C\CCCCCCCCCC. The highest BCUT2D eigenvalue weighted by Gasteiger charge is 2.19. The molecule has 0 heterocycles. The fourth-order valence-corrected chi connectivity index (χ4v) is 10.5. The number of hydrogen-bond acceptors (Lipinski definition) is 6. The van der Waals surface area contributed by atoms with Gasteiger partial charge in [0.1, 0.15) is 13.2 Å². The molecule has 0 aliphatic carbocycles. The maximum Gasteiger partial charge on any atom is 0.306 e. The summed E-state index contributed by atoms with van der Waals surface area (Å²) in [5, 5.41) is 0. The predicted molar refractivity (Wildman–Crippen MR) is 348 cm³/mol. The first-order chi connectivity index (χ1) is 39.5. The highest BCUT2D eigenvalue weighted by atomic mass is 16.6. The first-order valence-electron chi connectivity index (χ1n) is 35.3. The summed E-state index contributed by atoms with van der Waals surface area (Å²) >= 11 is 0. The van der Waals surface area contributed by atoms with Crippen molar-refractivity contribution < 1.29 is 28.6 Å². The van der Waals surface area contributed by atoms with Crippen LogP contribution in [-0.2, 0) is 28.6 Å². The molecule has 466 valence electrons. The van der Waals surface area contributed by atoms with Gasteiger partial charge in [0.2, 0.25) is 0 Å². The third-order valence-corrected chi connectivity index (χ3v) is 15.8. The third kappa shape index (κ3) is 65.9. The second-order valence-corrected chi connectivity index (χ2v) is 23.8. The highest BCUT2D eigenvalue weighted by molar-refractivity contribution is 5.71. The van der Waals surface area contributed by atoms with Crippen LogP contribution in [0.5, 0.6) is 0 Å². The van der Waals surface area contributed by atoms with E-state index in [1.54, 1.807) is 0 Å². The standard InChI is InChI=1S/C74H134O6/c1-4-7-10-13-16-19-21-23-25-27-29-30-31-32-33-34-35-36-37-38-39-40-41-42-43-44-46-47-49-51-53-55-58-61-64-67-73(76)79-70-71(69-78-72(75)66-63-60-57-18-15-12-9-6-3)80-74(77)68-65-62-59-56-54-52-50-48-45-28-26-24-22-20-17-14-11-8-5-2/h8,11,17,20,24,26-27,29,45,48,71H,4-7,9-10,12-16,18-19,21-23,25,28,30-44,46-47,49-70H2,1-3H3/b11-8-,20-17-,26-24-,29-27-,48-45-. The van der Waals surface area contributed by atoms with Crippen LogP contribution in [0.2, 0.25) is 0 Å². The van der Waals surface area contributed by atoms with Crippen molar-refractivity contribution in [3.8, 4) is 0 Å². The van der Waals surface area contributed by atoms with Crippen LogP contribution in [0.3, 0.4) is 0 Å². The van der Waals surface area contributed by atoms with Gasteiger partial charge in [-0.3, -0.25) is 14.4 Å². The second kappa shape index (κ2) is 68.6. The average Bonchev–Trinajstić information content (AvgIpc) is 3.46. The fourth-order valence-electron chi connectivity index (χ4n) is 10.5. The van der Waals surface area contributed by atoms with Gasteiger partial charge in [0.05, 0.1) is 0 Å². The maximum atomic E-state index is 12.9. The molecule has 0 fully saturated rings. The Morgan fingerprint density at radius 1 is 0.263 bits per heavy atom. The van der Waals surface area contributed by atoms with Crippen molar-refractivity contribution in [2.24, 2.45) is 0 Å². The highest BCUT2D eigenvalue weighted by Crippen LogP contribution is 2.18. The van der Waals surface area contributed by atoms with Crippen molar-refractivity contribution in [3.05, 3.63) is 60.8 Å². The molecular weight excluding hydrogens is 985 g/mol. The summed E-state index contributed by atoms with van der Waals surface area (Å²) in [6, 6.07) is 0. The molecule has 0 radical (unpaired) electrons. The van der Waals surface area contributed by atoms with E-state index in [9.17, 15) is 14.4 Å². The molecule has 6 heteroatoms. The van der Waals surface area contributed by atoms with E-state index in [4.69, 9.17) is 14.2 Å². The molecule has 80 heavy (non-hydrogen) atoms. The fraction of sp³-hybridized carbons (Fsp3) is 0.824. The van der Waals surface area contributed by atoms with Gasteiger partial charge < -0.3 is 14.2 Å². The molecule has 0 bridgehead atoms. The first kappa shape index (κ1) is 77.1. The zero-order valence-corrected chi connectivity index (χ0v) is 53.6. The molecule has 1 unspecified atom stereocenters. The first-order valence-corrected chi connectivity index (χ1v) is 35.3. The van der Waals surface area contributed by atoms with Crippen LogP contribution in [0, 0.1) is 0 Å². The zero-order chi connectivity index (χ0) is 57.8. The van der Waals surface area contributed by atoms with Gasteiger partial charge in [-0.15, -0.1) is 0 Å². The smallest absolute Gasteiger partial charge is 0.306 e. The number of esters is 3. The monoisotopic (exact) mass is 1120 g/mol. The van der Waals surface area contributed by atoms with Gasteiger partial charge in [0.25, 0.3) is 0 Å². The van der Waals surface area contributed by atoms with Crippen LogP contribution in [0.15, 0.2) is 60.8 Å². The molecule has 6 nitrogen and oxygen atoms in total. The van der Waals surface area contributed by atoms with Crippen molar-refractivity contribution >= 4 is 17.9 Å². The topological polar surface area (TPSA) is 78.9 Å². The Labute approximate surface area is 498 Å². The molecule has 0 aromatic heterocycles. The molecule has 0 aromatic rings. The minimum Gasteiger partial charge on any atom is -0.462 e. The lowest BCUT2D eigenvalue weighted by atomic mass is 10.0. The maximum absolute atomic E-state index is 12.9. The molecule has 0 rings (SSSR count). The number of carbonyl (C=O) groups is 3. The molecule has 0 spiro atoms. The summed E-state index contributed by atoms with van der Waals surface area (Å²) in [5.41, 5.74) is 0. The largest absolute Gasteiger partial charge is 0.462 e. The lowest BCUT2D eigenvalue weighted by molar-refractivity contribution is -0.167. The molecule has 0 aliphatic heterocycles. The van der Waals surface area contributed by atoms with Gasteiger partial charge in [0.15, 0.2) is 6.10 Å². The van der Waals surface area contributed by atoms with Gasteiger partial charge in [-0.25, -0.2) is 0 Å². The Bertz CT molecular complexity index is 1430. The van der Waals surface area contributed by atoms with Crippen LogP contribution in [0.1, 0.15) is 374 Å². The summed E-state index contributed by atoms with van der Waals surface area (Å²) in [7, 11) is 0. The molecule has 1 atom stereocenters. The van der Waals surface area contributed by atoms with E-state index in [-0.39, 0.29) is 31.1 Å². The normalized spacial score (nSPS) is 12.4. The molecule has 0 N–H and O–H groups in total. The van der Waals surface area contributed by atoms with Gasteiger partial charge in [0, 0.05) is 19.3 Å². The van der Waals surface area contributed by atoms with E-state index in [0.29, 0.717) is 19.3 Å². The van der Waals surface area contributed by atoms with E-state index >= 15 is 0 Å². The predicted octanol–water partition coefficient (Wildman–Crippen LogP) is 24.3. The number of rotatable bonds is 65. The van der Waals surface area contributed by atoms with E-state index in [0.717, 1.165) is 96.3 Å². The third-order valence-electron chi connectivity index (χ3n) is 15.8. The number of carbonyl (C=O) groups excluding carboxylic acids is 3. The molecule has 0 aromatic carbocycles. The van der Waals surface area contributed by atoms with Crippen molar-refractivity contribution in [1.82, 2.24) is 0 Å². The summed E-state index contributed by atoms with van der Waals surface area (Å²) in [6.45, 7) is 6.53. The van der Waals surface area contributed by atoms with Crippen LogP contribution in [0.25, 0.3) is 0 Å². The van der Waals surface area contributed by atoms with Crippen LogP contribution >= 0.6 is 0 Å².